The average molecular weight is 507 g/mol. The molecule has 0 aromatic heterocycles. The van der Waals surface area contributed by atoms with Crippen LogP contribution in [0.3, 0.4) is 0 Å². The summed E-state index contributed by atoms with van der Waals surface area (Å²) < 4.78 is 12.1. The first-order valence-electron chi connectivity index (χ1n) is 12.6. The predicted molar refractivity (Wildman–Crippen MR) is 132 cm³/mol. The molecule has 2 aliphatic heterocycles. The summed E-state index contributed by atoms with van der Waals surface area (Å²) in [5, 5.41) is 35.6. The van der Waals surface area contributed by atoms with Gasteiger partial charge in [-0.3, -0.25) is 4.79 Å². The molecule has 9 nitrogen and oxygen atoms in total. The Morgan fingerprint density at radius 3 is 2.73 bits per heavy atom. The lowest BCUT2D eigenvalue weighted by Crippen LogP contribution is -2.74. The van der Waals surface area contributed by atoms with Crippen LogP contribution in [0, 0.1) is 0 Å². The van der Waals surface area contributed by atoms with Crippen molar-refractivity contribution in [2.75, 3.05) is 13.6 Å². The number of esters is 1. The Bertz CT molecular complexity index is 1310. The highest BCUT2D eigenvalue weighted by molar-refractivity contribution is 5.87. The number of aliphatic hydroxyl groups is 2. The molecule has 6 rings (SSSR count). The monoisotopic (exact) mass is 506 g/mol. The molecule has 4 N–H and O–H groups in total. The number of nitrogens with zero attached hydrogens (tertiary/aromatic N) is 1. The molecule has 2 bridgehead atoms. The van der Waals surface area contributed by atoms with Crippen molar-refractivity contribution < 1.29 is 34.4 Å². The van der Waals surface area contributed by atoms with E-state index in [9.17, 15) is 24.9 Å². The number of nitrogens with one attached hydrogen (secondary N) is 1. The molecule has 0 radical (unpaired) electrons. The van der Waals surface area contributed by atoms with E-state index in [0.29, 0.717) is 30.7 Å². The number of likely N-dealkylation sites (N-methyl/N-ethyl adjacent to an activating group) is 1. The van der Waals surface area contributed by atoms with Gasteiger partial charge in [0.15, 0.2) is 23.7 Å². The first-order chi connectivity index (χ1) is 17.7. The molecule has 2 aromatic carbocycles. The van der Waals surface area contributed by atoms with Crippen LogP contribution in [0.2, 0.25) is 0 Å². The van der Waals surface area contributed by atoms with Gasteiger partial charge in [0.05, 0.1) is 11.0 Å². The molecular weight excluding hydrogens is 476 g/mol. The lowest BCUT2D eigenvalue weighted by Gasteiger charge is -2.61. The first kappa shape index (κ1) is 24.0. The molecule has 1 amide bonds. The number of carbonyl (C=O) groups is 2. The summed E-state index contributed by atoms with van der Waals surface area (Å²) in [6.45, 7) is 2.20. The lowest BCUT2D eigenvalue weighted by atomic mass is 9.50. The molecule has 0 saturated carbocycles. The Hall–Kier alpha value is -3.40. The maximum Gasteiger partial charge on any atom is 0.333 e. The number of aromatic hydroxyl groups is 1. The van der Waals surface area contributed by atoms with Crippen LogP contribution < -0.4 is 10.1 Å². The van der Waals surface area contributed by atoms with Crippen molar-refractivity contribution >= 4 is 11.9 Å². The highest BCUT2D eigenvalue weighted by Crippen LogP contribution is 2.65. The summed E-state index contributed by atoms with van der Waals surface area (Å²) in [6, 6.07) is 10.7. The van der Waals surface area contributed by atoms with Crippen LogP contribution in [0.4, 0.5) is 0 Å². The third-order valence-corrected chi connectivity index (χ3v) is 8.65. The first-order valence-corrected chi connectivity index (χ1v) is 12.6. The third-order valence-electron chi connectivity index (χ3n) is 8.65. The Kier molecular flexibility index (Phi) is 5.38. The van der Waals surface area contributed by atoms with Gasteiger partial charge in [-0.25, -0.2) is 4.79 Å². The average Bonchev–Trinajstić information content (AvgIpc) is 3.25. The van der Waals surface area contributed by atoms with E-state index < -0.39 is 41.1 Å². The normalized spacial score (nSPS) is 30.9. The van der Waals surface area contributed by atoms with E-state index >= 15 is 0 Å². The maximum atomic E-state index is 13.1. The van der Waals surface area contributed by atoms with E-state index in [1.807, 2.05) is 13.1 Å². The molecule has 1 fully saturated rings. The molecular formula is C28H30N2O7. The number of hydrogen-bond donors (Lipinski definition) is 4. The molecule has 9 heteroatoms. The number of ether oxygens (including phenoxy) is 2. The number of hydrogen-bond acceptors (Lipinski definition) is 8. The number of carbonyl (C=O) groups excluding carboxylic acids is 2. The van der Waals surface area contributed by atoms with Crippen molar-refractivity contribution in [2.24, 2.45) is 0 Å². The summed E-state index contributed by atoms with van der Waals surface area (Å²) in [5.41, 5.74) is 0.201. The van der Waals surface area contributed by atoms with E-state index in [0.717, 1.165) is 11.1 Å². The van der Waals surface area contributed by atoms with Crippen molar-refractivity contribution in [3.63, 3.8) is 0 Å². The van der Waals surface area contributed by atoms with Gasteiger partial charge in [0.25, 0.3) is 5.91 Å². The second-order valence-corrected chi connectivity index (χ2v) is 10.6. The van der Waals surface area contributed by atoms with Crippen molar-refractivity contribution in [3.8, 4) is 11.5 Å². The van der Waals surface area contributed by atoms with Crippen LogP contribution >= 0.6 is 0 Å². The predicted octanol–water partition coefficient (Wildman–Crippen LogP) is 1.45. The minimum absolute atomic E-state index is 0.0107. The fourth-order valence-corrected chi connectivity index (χ4v) is 6.78. The van der Waals surface area contributed by atoms with Crippen molar-refractivity contribution in [3.05, 3.63) is 71.0 Å². The van der Waals surface area contributed by atoms with Crippen LogP contribution in [0.1, 0.15) is 42.6 Å². The zero-order valence-corrected chi connectivity index (χ0v) is 20.7. The minimum atomic E-state index is -1.42. The molecule has 2 heterocycles. The molecule has 2 aromatic rings. The van der Waals surface area contributed by atoms with Gasteiger partial charge in [-0.05, 0) is 56.6 Å². The summed E-state index contributed by atoms with van der Waals surface area (Å²) in [6.07, 6.45) is 0.914. The number of likely N-dealkylation sites (tertiary alicyclic amines) is 1. The summed E-state index contributed by atoms with van der Waals surface area (Å²) in [7, 11) is 2.00. The lowest BCUT2D eigenvalue weighted by molar-refractivity contribution is -0.170. The second-order valence-electron chi connectivity index (χ2n) is 10.6. The standard InChI is InChI=1S/C28H30N2O7/c1-15(29-25(33)22(32)16-6-4-3-5-7-16)26(34)36-19-10-11-28(35)20-14-17-8-9-18(31)23-21(17)27(28,24(19)37-23)12-13-30(20)2/h3-10,15,20,22,24,31-32,35H,11-14H2,1-2H3,(H,29,33)/t15-,20?,22-,24-,27-,28-/m0/s1. The number of piperidine rings is 1. The summed E-state index contributed by atoms with van der Waals surface area (Å²) >= 11 is 0. The molecule has 2 aliphatic carbocycles. The largest absolute Gasteiger partial charge is 0.504 e. The van der Waals surface area contributed by atoms with Crippen LogP contribution in [0.25, 0.3) is 0 Å². The number of phenols is 1. The summed E-state index contributed by atoms with van der Waals surface area (Å²) in [5.74, 6) is -0.855. The van der Waals surface area contributed by atoms with Crippen LogP contribution in [-0.2, 0) is 26.2 Å². The van der Waals surface area contributed by atoms with E-state index in [-0.39, 0.29) is 24.0 Å². The molecule has 1 spiro atoms. The highest BCUT2D eigenvalue weighted by Gasteiger charge is 2.72. The van der Waals surface area contributed by atoms with Gasteiger partial charge in [0.1, 0.15) is 11.8 Å². The molecule has 1 unspecified atom stereocenters. The third kappa shape index (κ3) is 3.27. The Labute approximate surface area is 214 Å². The number of rotatable bonds is 5. The molecule has 1 saturated heterocycles. The van der Waals surface area contributed by atoms with Gasteiger partial charge in [0.2, 0.25) is 0 Å². The molecule has 6 atom stereocenters. The van der Waals surface area contributed by atoms with Crippen LogP contribution in [0.5, 0.6) is 11.5 Å². The highest BCUT2D eigenvalue weighted by atomic mass is 16.6. The van der Waals surface area contributed by atoms with Gasteiger partial charge in [-0.15, -0.1) is 0 Å². The number of benzene rings is 2. The van der Waals surface area contributed by atoms with Gasteiger partial charge >= 0.3 is 5.97 Å². The fourth-order valence-electron chi connectivity index (χ4n) is 6.78. The maximum absolute atomic E-state index is 13.1. The SMILES string of the molecule is C[C@H](NC(=O)[C@@H](O)c1ccccc1)C(=O)OC1=CC[C@]2(O)C3Cc4ccc(O)c5c4[C@@]2(CCN3C)[C@H]1O5. The smallest absolute Gasteiger partial charge is 0.333 e. The zero-order chi connectivity index (χ0) is 26.1. The molecule has 37 heavy (non-hydrogen) atoms. The Balaban J connectivity index is 1.27. The minimum Gasteiger partial charge on any atom is -0.504 e. The fraction of sp³-hybridized carbons (Fsp3) is 0.429. The van der Waals surface area contributed by atoms with Crippen LogP contribution in [0.15, 0.2) is 54.3 Å². The van der Waals surface area contributed by atoms with Crippen molar-refractivity contribution in [2.45, 2.75) is 61.5 Å². The Morgan fingerprint density at radius 1 is 1.22 bits per heavy atom. The second kappa shape index (κ2) is 8.31. The van der Waals surface area contributed by atoms with Crippen molar-refractivity contribution in [1.29, 1.82) is 0 Å². The van der Waals surface area contributed by atoms with Crippen LogP contribution in [-0.4, -0.2) is 69.5 Å². The van der Waals surface area contributed by atoms with Gasteiger partial charge in [-0.2, -0.15) is 0 Å². The zero-order valence-electron chi connectivity index (χ0n) is 20.7. The van der Waals surface area contributed by atoms with E-state index in [1.54, 1.807) is 42.5 Å². The Morgan fingerprint density at radius 2 is 1.97 bits per heavy atom. The van der Waals surface area contributed by atoms with E-state index in [1.165, 1.54) is 6.92 Å². The van der Waals surface area contributed by atoms with Gasteiger partial charge in [0, 0.05) is 18.0 Å². The topological polar surface area (TPSA) is 129 Å². The van der Waals surface area contributed by atoms with Crippen molar-refractivity contribution in [1.82, 2.24) is 10.2 Å². The number of phenolic OH excluding ortho intramolecular Hbond substituents is 1. The number of aliphatic hydroxyl groups excluding tert-OH is 1. The molecule has 4 aliphatic rings. The van der Waals surface area contributed by atoms with E-state index in [4.69, 9.17) is 9.47 Å². The van der Waals surface area contributed by atoms with Gasteiger partial charge in [-0.1, -0.05) is 36.4 Å². The van der Waals surface area contributed by atoms with Gasteiger partial charge < -0.3 is 35.0 Å². The number of amides is 1. The summed E-state index contributed by atoms with van der Waals surface area (Å²) in [4.78, 5) is 27.8. The quantitative estimate of drug-likeness (QED) is 0.449. The molecule has 194 valence electrons. The van der Waals surface area contributed by atoms with E-state index in [2.05, 4.69) is 10.2 Å².